The summed E-state index contributed by atoms with van der Waals surface area (Å²) in [5.41, 5.74) is 17.2. The molecule has 7 heteroatoms. The van der Waals surface area contributed by atoms with Crippen molar-refractivity contribution in [2.24, 2.45) is 16.5 Å². The van der Waals surface area contributed by atoms with E-state index in [2.05, 4.69) is 48.3 Å². The zero-order valence-electron chi connectivity index (χ0n) is 18.7. The minimum absolute atomic E-state index is 0.111. The lowest BCUT2D eigenvalue weighted by molar-refractivity contribution is -0.138. The number of benzene rings is 3. The molecule has 0 bridgehead atoms. The first-order valence-corrected chi connectivity index (χ1v) is 10.6. The van der Waals surface area contributed by atoms with Gasteiger partial charge in [0, 0.05) is 19.2 Å². The third kappa shape index (κ3) is 6.51. The molecule has 170 valence electrons. The Balaban J connectivity index is 1.61. The van der Waals surface area contributed by atoms with Crippen LogP contribution in [0.1, 0.15) is 27.0 Å². The van der Waals surface area contributed by atoms with Crippen LogP contribution in [-0.4, -0.2) is 40.9 Å². The molecule has 3 rings (SSSR count). The lowest BCUT2D eigenvalue weighted by Gasteiger charge is -2.18. The highest BCUT2D eigenvalue weighted by atomic mass is 16.4. The molecule has 3 aromatic carbocycles. The van der Waals surface area contributed by atoms with E-state index in [0.29, 0.717) is 12.1 Å². The Hall–Kier alpha value is -3.97. The number of carboxylic acid groups (broad SMARTS) is 1. The Labute approximate surface area is 193 Å². The Bertz CT molecular complexity index is 1140. The third-order valence-electron chi connectivity index (χ3n) is 5.34. The van der Waals surface area contributed by atoms with Gasteiger partial charge in [-0.1, -0.05) is 66.2 Å². The molecule has 0 heterocycles. The maximum absolute atomic E-state index is 12.5. The van der Waals surface area contributed by atoms with Crippen LogP contribution in [0.2, 0.25) is 0 Å². The van der Waals surface area contributed by atoms with Gasteiger partial charge < -0.3 is 21.5 Å². The summed E-state index contributed by atoms with van der Waals surface area (Å²) < 4.78 is 0. The van der Waals surface area contributed by atoms with Gasteiger partial charge >= 0.3 is 5.97 Å². The fourth-order valence-corrected chi connectivity index (χ4v) is 3.28. The van der Waals surface area contributed by atoms with E-state index in [0.717, 1.165) is 22.3 Å². The summed E-state index contributed by atoms with van der Waals surface area (Å²) in [6.07, 6.45) is 0.181. The van der Waals surface area contributed by atoms with Gasteiger partial charge in [-0.05, 0) is 47.7 Å². The number of aliphatic carboxylic acids is 1. The van der Waals surface area contributed by atoms with Gasteiger partial charge in [-0.2, -0.15) is 4.99 Å². The average molecular weight is 445 g/mol. The summed E-state index contributed by atoms with van der Waals surface area (Å²) in [6, 6.07) is 22.1. The highest BCUT2D eigenvalue weighted by Crippen LogP contribution is 2.20. The molecule has 33 heavy (non-hydrogen) atoms. The normalized spacial score (nSPS) is 12.3. The molecule has 0 saturated carbocycles. The molecule has 7 nitrogen and oxygen atoms in total. The fourth-order valence-electron chi connectivity index (χ4n) is 3.28. The van der Waals surface area contributed by atoms with Crippen LogP contribution < -0.4 is 11.5 Å². The van der Waals surface area contributed by atoms with E-state index in [1.54, 1.807) is 36.2 Å². The second kappa shape index (κ2) is 10.6. The fraction of sp³-hybridized carbons (Fsp3) is 0.192. The van der Waals surface area contributed by atoms with Crippen molar-refractivity contribution in [3.8, 4) is 11.1 Å². The van der Waals surface area contributed by atoms with E-state index >= 15 is 0 Å². The molecule has 0 spiro atoms. The number of aliphatic imine (C=N–C) groups is 1. The predicted molar refractivity (Wildman–Crippen MR) is 130 cm³/mol. The second-order valence-corrected chi connectivity index (χ2v) is 8.04. The number of carbonyl (C=O) groups is 2. The van der Waals surface area contributed by atoms with Crippen molar-refractivity contribution in [2.45, 2.75) is 25.9 Å². The Morgan fingerprint density at radius 3 is 1.97 bits per heavy atom. The van der Waals surface area contributed by atoms with E-state index < -0.39 is 17.9 Å². The summed E-state index contributed by atoms with van der Waals surface area (Å²) in [6.45, 7) is 2.57. The molecule has 0 aliphatic rings. The summed E-state index contributed by atoms with van der Waals surface area (Å²) in [7, 11) is 1.77. The number of amides is 1. The topological polar surface area (TPSA) is 122 Å². The molecule has 0 aromatic heterocycles. The van der Waals surface area contributed by atoms with Crippen molar-refractivity contribution < 1.29 is 14.7 Å². The molecule has 0 radical (unpaired) electrons. The van der Waals surface area contributed by atoms with Crippen LogP contribution in [-0.2, 0) is 17.8 Å². The van der Waals surface area contributed by atoms with Crippen LogP contribution in [0.3, 0.4) is 0 Å². The number of nitrogens with zero attached hydrogens (tertiary/aromatic N) is 2. The number of hydrogen-bond donors (Lipinski definition) is 3. The Kier molecular flexibility index (Phi) is 7.58. The van der Waals surface area contributed by atoms with E-state index in [1.807, 2.05) is 12.1 Å². The van der Waals surface area contributed by atoms with Crippen molar-refractivity contribution in [3.05, 3.63) is 95.1 Å². The van der Waals surface area contributed by atoms with Crippen LogP contribution in [0.4, 0.5) is 0 Å². The lowest BCUT2D eigenvalue weighted by Crippen LogP contribution is -2.34. The van der Waals surface area contributed by atoms with Crippen molar-refractivity contribution >= 4 is 17.8 Å². The average Bonchev–Trinajstić information content (AvgIpc) is 2.80. The standard InChI is InChI=1S/C26H28N4O3/c1-17-3-9-20(10-4-17)21-11-7-19(8-12-21)16-30(2)26(28)29-24(31)22-13-5-18(6-14-22)15-23(27)25(32)33/h3-14,23H,15-16,27H2,1-2H3,(H,32,33)(H2,28,29,31)/t23-/m0/s1. The van der Waals surface area contributed by atoms with E-state index in [4.69, 9.17) is 16.6 Å². The van der Waals surface area contributed by atoms with Gasteiger partial charge in [0.1, 0.15) is 6.04 Å². The summed E-state index contributed by atoms with van der Waals surface area (Å²) >= 11 is 0. The Morgan fingerprint density at radius 2 is 1.42 bits per heavy atom. The number of rotatable bonds is 7. The van der Waals surface area contributed by atoms with Crippen LogP contribution in [0.25, 0.3) is 11.1 Å². The van der Waals surface area contributed by atoms with Gasteiger partial charge in [-0.3, -0.25) is 9.59 Å². The van der Waals surface area contributed by atoms with Crippen LogP contribution in [0.5, 0.6) is 0 Å². The van der Waals surface area contributed by atoms with Crippen LogP contribution in [0.15, 0.2) is 77.8 Å². The molecule has 1 amide bonds. The van der Waals surface area contributed by atoms with Crippen LogP contribution in [0, 0.1) is 6.92 Å². The molecule has 0 saturated heterocycles. The number of guanidine groups is 1. The summed E-state index contributed by atoms with van der Waals surface area (Å²) in [5, 5.41) is 8.90. The number of aryl methyl sites for hydroxylation is 1. The second-order valence-electron chi connectivity index (χ2n) is 8.04. The molecular weight excluding hydrogens is 416 g/mol. The number of nitrogens with two attached hydrogens (primary N) is 2. The lowest BCUT2D eigenvalue weighted by atomic mass is 10.0. The van der Waals surface area contributed by atoms with Gasteiger partial charge in [-0.15, -0.1) is 0 Å². The number of carbonyl (C=O) groups excluding carboxylic acids is 1. The van der Waals surface area contributed by atoms with Crippen molar-refractivity contribution in [1.82, 2.24) is 4.90 Å². The minimum atomic E-state index is -1.07. The summed E-state index contributed by atoms with van der Waals surface area (Å²) in [5.74, 6) is -1.43. The maximum atomic E-state index is 12.5. The maximum Gasteiger partial charge on any atom is 0.320 e. The molecular formula is C26H28N4O3. The quantitative estimate of drug-likeness (QED) is 0.380. The monoisotopic (exact) mass is 444 g/mol. The largest absolute Gasteiger partial charge is 0.480 e. The van der Waals surface area contributed by atoms with Crippen molar-refractivity contribution in [3.63, 3.8) is 0 Å². The molecule has 3 aromatic rings. The van der Waals surface area contributed by atoms with E-state index in [-0.39, 0.29) is 12.4 Å². The molecule has 0 aliphatic heterocycles. The van der Waals surface area contributed by atoms with Gasteiger partial charge in [0.2, 0.25) is 0 Å². The molecule has 0 fully saturated rings. The highest BCUT2D eigenvalue weighted by molar-refractivity contribution is 6.02. The zero-order valence-corrected chi connectivity index (χ0v) is 18.7. The molecule has 0 unspecified atom stereocenters. The minimum Gasteiger partial charge on any atom is -0.480 e. The van der Waals surface area contributed by atoms with Gasteiger partial charge in [-0.25, -0.2) is 0 Å². The molecule has 0 aliphatic carbocycles. The Morgan fingerprint density at radius 1 is 0.909 bits per heavy atom. The number of hydrogen-bond acceptors (Lipinski definition) is 3. The van der Waals surface area contributed by atoms with E-state index in [1.165, 1.54) is 5.56 Å². The highest BCUT2D eigenvalue weighted by Gasteiger charge is 2.13. The first kappa shape index (κ1) is 23.7. The van der Waals surface area contributed by atoms with Crippen molar-refractivity contribution in [1.29, 1.82) is 0 Å². The SMILES string of the molecule is Cc1ccc(-c2ccc(CN(C)C(N)=NC(=O)c3ccc(C[C@H](N)C(=O)O)cc3)cc2)cc1. The smallest absolute Gasteiger partial charge is 0.320 e. The predicted octanol–water partition coefficient (Wildman–Crippen LogP) is 3.20. The summed E-state index contributed by atoms with van der Waals surface area (Å²) in [4.78, 5) is 29.0. The van der Waals surface area contributed by atoms with Gasteiger partial charge in [0.25, 0.3) is 5.91 Å². The first-order valence-electron chi connectivity index (χ1n) is 10.6. The molecule has 5 N–H and O–H groups in total. The van der Waals surface area contributed by atoms with Gasteiger partial charge in [0.05, 0.1) is 0 Å². The molecule has 1 atom stereocenters. The van der Waals surface area contributed by atoms with Crippen LogP contribution >= 0.6 is 0 Å². The van der Waals surface area contributed by atoms with E-state index in [9.17, 15) is 9.59 Å². The number of carboxylic acids is 1. The third-order valence-corrected chi connectivity index (χ3v) is 5.34. The van der Waals surface area contributed by atoms with Gasteiger partial charge in [0.15, 0.2) is 5.96 Å². The zero-order chi connectivity index (χ0) is 24.0. The van der Waals surface area contributed by atoms with Crippen molar-refractivity contribution in [2.75, 3.05) is 7.05 Å². The first-order chi connectivity index (χ1) is 15.7.